The maximum Gasteiger partial charge on any atom is 0.172 e. The van der Waals surface area contributed by atoms with Crippen LogP contribution in [0.15, 0.2) is 61.1 Å². The first-order chi connectivity index (χ1) is 13.6. The summed E-state index contributed by atoms with van der Waals surface area (Å²) in [6.07, 6.45) is 3.20. The average molecular weight is 374 g/mol. The van der Waals surface area contributed by atoms with Gasteiger partial charge in [0.25, 0.3) is 0 Å². The predicted octanol–water partition coefficient (Wildman–Crippen LogP) is 3.82. The van der Waals surface area contributed by atoms with Gasteiger partial charge in [-0.1, -0.05) is 18.2 Å². The molecule has 0 aliphatic heterocycles. The first kappa shape index (κ1) is 16.2. The van der Waals surface area contributed by atoms with Gasteiger partial charge in [-0.15, -0.1) is 0 Å². The smallest absolute Gasteiger partial charge is 0.172 e. The molecule has 0 atom stereocenters. The summed E-state index contributed by atoms with van der Waals surface area (Å²) >= 11 is 0. The highest BCUT2D eigenvalue weighted by atomic mass is 19.1. The Morgan fingerprint density at radius 2 is 1.89 bits per heavy atom. The largest absolute Gasteiger partial charge is 0.454 e. The summed E-state index contributed by atoms with van der Waals surface area (Å²) < 4.78 is 23.8. The van der Waals surface area contributed by atoms with Crippen molar-refractivity contribution in [3.63, 3.8) is 0 Å². The molecule has 3 heterocycles. The molecule has 5 aromatic rings. The van der Waals surface area contributed by atoms with E-state index in [-0.39, 0.29) is 5.75 Å². The molecule has 28 heavy (non-hydrogen) atoms. The van der Waals surface area contributed by atoms with Gasteiger partial charge in [0.15, 0.2) is 23.0 Å². The van der Waals surface area contributed by atoms with E-state index in [9.17, 15) is 4.39 Å². The molecule has 0 saturated heterocycles. The number of halogens is 1. The lowest BCUT2D eigenvalue weighted by molar-refractivity contribution is 0.443. The number of rotatable bonds is 3. The Bertz CT molecular complexity index is 1330. The van der Waals surface area contributed by atoms with Gasteiger partial charge in [0.05, 0.1) is 5.52 Å². The number of nitrogens with two attached hydrogens (primary N) is 1. The van der Waals surface area contributed by atoms with E-state index in [4.69, 9.17) is 10.5 Å². The van der Waals surface area contributed by atoms with Crippen molar-refractivity contribution in [2.45, 2.75) is 0 Å². The van der Waals surface area contributed by atoms with Gasteiger partial charge in [-0.05, 0) is 24.3 Å². The highest BCUT2D eigenvalue weighted by Crippen LogP contribution is 2.32. The SMILES string of the molecule is Cn1nc(-n2ccc3cc(Oc4ccccc4)c(F)cc32)c2c(N)ncnc21. The van der Waals surface area contributed by atoms with Crippen LogP contribution in [-0.4, -0.2) is 24.3 Å². The fourth-order valence-electron chi connectivity index (χ4n) is 3.27. The zero-order chi connectivity index (χ0) is 19.3. The number of hydrogen-bond acceptors (Lipinski definition) is 5. The van der Waals surface area contributed by atoms with Crippen LogP contribution in [0.3, 0.4) is 0 Å². The number of para-hydroxylation sites is 1. The van der Waals surface area contributed by atoms with Crippen molar-refractivity contribution in [1.29, 1.82) is 0 Å². The standard InChI is InChI=1S/C20H15FN6O/c1-26-19-17(18(22)23-11-24-19)20(25-26)27-8-7-12-9-16(14(21)10-15(12)27)28-13-5-3-2-4-6-13/h2-11H,1H3,(H2,22,23,24). The van der Waals surface area contributed by atoms with Crippen molar-refractivity contribution in [3.05, 3.63) is 66.9 Å². The molecule has 0 bridgehead atoms. The Balaban J connectivity index is 1.66. The Hall–Kier alpha value is -3.94. The Morgan fingerprint density at radius 1 is 1.07 bits per heavy atom. The van der Waals surface area contributed by atoms with Crippen LogP contribution >= 0.6 is 0 Å². The second kappa shape index (κ2) is 6.05. The second-order valence-electron chi connectivity index (χ2n) is 6.35. The third-order valence-electron chi connectivity index (χ3n) is 4.57. The molecule has 8 heteroatoms. The topological polar surface area (TPSA) is 83.8 Å². The monoisotopic (exact) mass is 374 g/mol. The molecule has 3 aromatic heterocycles. The van der Waals surface area contributed by atoms with Gasteiger partial charge in [0.1, 0.15) is 23.3 Å². The first-order valence-electron chi connectivity index (χ1n) is 8.59. The molecular weight excluding hydrogens is 359 g/mol. The average Bonchev–Trinajstić information content (AvgIpc) is 3.24. The number of anilines is 1. The second-order valence-corrected chi connectivity index (χ2v) is 6.35. The molecule has 0 saturated carbocycles. The van der Waals surface area contributed by atoms with Crippen molar-refractivity contribution in [3.8, 4) is 17.3 Å². The van der Waals surface area contributed by atoms with Crippen LogP contribution in [0, 0.1) is 5.82 Å². The molecule has 2 aromatic carbocycles. The molecule has 0 aliphatic rings. The van der Waals surface area contributed by atoms with Crippen LogP contribution in [0.25, 0.3) is 27.8 Å². The summed E-state index contributed by atoms with van der Waals surface area (Å²) in [5.41, 5.74) is 7.29. The van der Waals surface area contributed by atoms with Crippen molar-refractivity contribution in [1.82, 2.24) is 24.3 Å². The number of benzene rings is 2. The number of fused-ring (bicyclic) bond motifs is 2. The normalized spacial score (nSPS) is 11.4. The molecule has 0 radical (unpaired) electrons. The minimum Gasteiger partial charge on any atom is -0.454 e. The summed E-state index contributed by atoms with van der Waals surface area (Å²) in [7, 11) is 1.77. The van der Waals surface area contributed by atoms with Crippen LogP contribution in [0.5, 0.6) is 11.5 Å². The number of aryl methyl sites for hydroxylation is 1. The van der Waals surface area contributed by atoms with Gasteiger partial charge < -0.3 is 10.5 Å². The van der Waals surface area contributed by atoms with Gasteiger partial charge >= 0.3 is 0 Å². The molecule has 0 amide bonds. The van der Waals surface area contributed by atoms with E-state index in [2.05, 4.69) is 15.1 Å². The third kappa shape index (κ3) is 2.46. The van der Waals surface area contributed by atoms with E-state index in [1.165, 1.54) is 12.4 Å². The molecule has 0 aliphatic carbocycles. The minimum absolute atomic E-state index is 0.158. The summed E-state index contributed by atoms with van der Waals surface area (Å²) in [5, 5.41) is 5.93. The number of hydrogen-bond donors (Lipinski definition) is 1. The fourth-order valence-corrected chi connectivity index (χ4v) is 3.27. The summed E-state index contributed by atoms with van der Waals surface area (Å²) in [5.74, 6) is 1.12. The lowest BCUT2D eigenvalue weighted by Crippen LogP contribution is -1.98. The van der Waals surface area contributed by atoms with Crippen LogP contribution < -0.4 is 10.5 Å². The lowest BCUT2D eigenvalue weighted by atomic mass is 10.2. The van der Waals surface area contributed by atoms with E-state index in [0.717, 1.165) is 5.39 Å². The number of aromatic nitrogens is 5. The van der Waals surface area contributed by atoms with Gasteiger partial charge in [-0.2, -0.15) is 5.10 Å². The van der Waals surface area contributed by atoms with E-state index in [0.29, 0.717) is 33.9 Å². The molecule has 5 rings (SSSR count). The van der Waals surface area contributed by atoms with Gasteiger partial charge in [-0.25, -0.2) is 19.0 Å². The first-order valence-corrected chi connectivity index (χ1v) is 8.59. The molecule has 0 fully saturated rings. The van der Waals surface area contributed by atoms with E-state index < -0.39 is 5.82 Å². The van der Waals surface area contributed by atoms with Crippen LogP contribution in [0.2, 0.25) is 0 Å². The van der Waals surface area contributed by atoms with Gasteiger partial charge in [-0.3, -0.25) is 4.57 Å². The number of ether oxygens (including phenoxy) is 1. The number of nitrogen functional groups attached to an aromatic ring is 1. The zero-order valence-corrected chi connectivity index (χ0v) is 14.9. The molecule has 2 N–H and O–H groups in total. The van der Waals surface area contributed by atoms with Crippen molar-refractivity contribution < 1.29 is 9.13 Å². The molecular formula is C20H15FN6O. The Morgan fingerprint density at radius 3 is 2.71 bits per heavy atom. The highest BCUT2D eigenvalue weighted by Gasteiger charge is 2.18. The molecule has 7 nitrogen and oxygen atoms in total. The summed E-state index contributed by atoms with van der Waals surface area (Å²) in [6.45, 7) is 0. The van der Waals surface area contributed by atoms with Crippen LogP contribution in [-0.2, 0) is 7.05 Å². The highest BCUT2D eigenvalue weighted by molar-refractivity contribution is 5.95. The number of nitrogens with zero attached hydrogens (tertiary/aromatic N) is 5. The fraction of sp³-hybridized carbons (Fsp3) is 0.0500. The van der Waals surface area contributed by atoms with Crippen LogP contribution in [0.4, 0.5) is 10.2 Å². The molecule has 0 unspecified atom stereocenters. The van der Waals surface area contributed by atoms with E-state index in [1.807, 2.05) is 30.5 Å². The van der Waals surface area contributed by atoms with Gasteiger partial charge in [0, 0.05) is 24.7 Å². The molecule has 0 spiro atoms. The molecule has 138 valence electrons. The van der Waals surface area contributed by atoms with Gasteiger partial charge in [0.2, 0.25) is 0 Å². The van der Waals surface area contributed by atoms with E-state index >= 15 is 0 Å². The summed E-state index contributed by atoms with van der Waals surface area (Å²) in [6, 6.07) is 14.1. The Labute approximate surface area is 158 Å². The maximum absolute atomic E-state index is 14.8. The maximum atomic E-state index is 14.8. The quantitative estimate of drug-likeness (QED) is 0.519. The third-order valence-corrected chi connectivity index (χ3v) is 4.57. The minimum atomic E-state index is -0.472. The van der Waals surface area contributed by atoms with E-state index in [1.54, 1.807) is 34.5 Å². The lowest BCUT2D eigenvalue weighted by Gasteiger charge is -2.08. The summed E-state index contributed by atoms with van der Waals surface area (Å²) in [4.78, 5) is 8.29. The van der Waals surface area contributed by atoms with Crippen LogP contribution in [0.1, 0.15) is 0 Å². The van der Waals surface area contributed by atoms with Crippen molar-refractivity contribution in [2.24, 2.45) is 7.05 Å². The van der Waals surface area contributed by atoms with Crippen molar-refractivity contribution >= 4 is 27.8 Å². The Kier molecular flexibility index (Phi) is 3.51. The zero-order valence-electron chi connectivity index (χ0n) is 14.9. The van der Waals surface area contributed by atoms with Crippen molar-refractivity contribution in [2.75, 3.05) is 5.73 Å². The predicted molar refractivity (Wildman–Crippen MR) is 104 cm³/mol.